The number of alkyl halides is 1. The van der Waals surface area contributed by atoms with E-state index in [0.29, 0.717) is 34.4 Å². The molecular formula is C22H23ClN4O4. The first-order chi connectivity index (χ1) is 15.0. The maximum Gasteiger partial charge on any atom is 0.199 e. The van der Waals surface area contributed by atoms with Gasteiger partial charge in [0.15, 0.2) is 5.78 Å². The van der Waals surface area contributed by atoms with Crippen LogP contribution in [0.4, 0.5) is 5.69 Å². The molecule has 1 aliphatic heterocycles. The Hall–Kier alpha value is -3.23. The molecule has 1 unspecified atom stereocenters. The quantitative estimate of drug-likeness (QED) is 0.483. The number of nitrogens with one attached hydrogen (secondary N) is 2. The van der Waals surface area contributed by atoms with Crippen LogP contribution in [0.1, 0.15) is 5.82 Å². The number of aromatic nitrogens is 2. The molecule has 1 aromatic heterocycles. The molecule has 0 amide bonds. The SMILES string of the molecule is CNC1=C(c2nc3ccccc3[nH]2)C(=O)C(CO)(CCl)N1c1cc(OC)cc(OC)c1. The number of aliphatic hydroxyl groups is 1. The minimum absolute atomic E-state index is 0.142. The predicted molar refractivity (Wildman–Crippen MR) is 120 cm³/mol. The number of fused-ring (bicyclic) bond motifs is 1. The van der Waals surface area contributed by atoms with Gasteiger partial charge in [0, 0.05) is 25.2 Å². The second kappa shape index (κ2) is 8.13. The number of methoxy groups -OCH3 is 2. The third kappa shape index (κ3) is 3.19. The van der Waals surface area contributed by atoms with Gasteiger partial charge in [-0.05, 0) is 12.1 Å². The van der Waals surface area contributed by atoms with Crippen molar-refractivity contribution in [1.82, 2.24) is 15.3 Å². The van der Waals surface area contributed by atoms with Crippen LogP contribution >= 0.6 is 11.6 Å². The van der Waals surface area contributed by atoms with Crippen LogP contribution in [0.2, 0.25) is 0 Å². The zero-order chi connectivity index (χ0) is 22.2. The van der Waals surface area contributed by atoms with Crippen LogP contribution in [0.3, 0.4) is 0 Å². The Labute approximate surface area is 184 Å². The van der Waals surface area contributed by atoms with Gasteiger partial charge in [-0.1, -0.05) is 12.1 Å². The monoisotopic (exact) mass is 442 g/mol. The summed E-state index contributed by atoms with van der Waals surface area (Å²) in [4.78, 5) is 23.2. The van der Waals surface area contributed by atoms with Gasteiger partial charge in [0.2, 0.25) is 0 Å². The van der Waals surface area contributed by atoms with Gasteiger partial charge < -0.3 is 29.8 Å². The van der Waals surface area contributed by atoms with Crippen molar-refractivity contribution in [3.8, 4) is 11.5 Å². The van der Waals surface area contributed by atoms with Crippen LogP contribution < -0.4 is 19.7 Å². The fraction of sp³-hybridized carbons (Fsp3) is 0.273. The number of para-hydroxylation sites is 2. The van der Waals surface area contributed by atoms with E-state index in [1.165, 1.54) is 0 Å². The van der Waals surface area contributed by atoms with E-state index in [2.05, 4.69) is 15.3 Å². The molecule has 0 bridgehead atoms. The fourth-order valence-corrected chi connectivity index (χ4v) is 4.22. The molecule has 9 heteroatoms. The number of halogens is 1. The number of hydrogen-bond donors (Lipinski definition) is 3. The van der Waals surface area contributed by atoms with Gasteiger partial charge in [-0.3, -0.25) is 4.79 Å². The van der Waals surface area contributed by atoms with Gasteiger partial charge in [-0.15, -0.1) is 11.6 Å². The van der Waals surface area contributed by atoms with E-state index in [4.69, 9.17) is 21.1 Å². The summed E-state index contributed by atoms with van der Waals surface area (Å²) in [5.74, 6) is 1.46. The maximum absolute atomic E-state index is 13.7. The van der Waals surface area contributed by atoms with E-state index in [1.54, 1.807) is 44.4 Å². The standard InChI is InChI=1S/C22H23ClN4O4/c1-24-21-18(20-25-16-6-4-5-7-17(16)26-20)19(29)22(11-23,12-28)27(21)13-8-14(30-2)10-15(9-13)31-3/h4-10,24,28H,11-12H2,1-3H3,(H,25,26). The topological polar surface area (TPSA) is 99.7 Å². The lowest BCUT2D eigenvalue weighted by Crippen LogP contribution is -2.55. The zero-order valence-electron chi connectivity index (χ0n) is 17.4. The number of ketones is 1. The Morgan fingerprint density at radius 2 is 1.87 bits per heavy atom. The number of rotatable bonds is 7. The summed E-state index contributed by atoms with van der Waals surface area (Å²) in [5, 5.41) is 13.5. The normalized spacial score (nSPS) is 18.7. The fourth-order valence-electron chi connectivity index (χ4n) is 3.90. The van der Waals surface area contributed by atoms with Crippen molar-refractivity contribution in [2.75, 3.05) is 38.7 Å². The summed E-state index contributed by atoms with van der Waals surface area (Å²) in [6, 6.07) is 12.8. The van der Waals surface area contributed by atoms with Gasteiger partial charge in [0.1, 0.15) is 34.3 Å². The lowest BCUT2D eigenvalue weighted by atomic mass is 9.94. The molecule has 4 rings (SSSR count). The molecule has 0 spiro atoms. The average molecular weight is 443 g/mol. The van der Waals surface area contributed by atoms with Gasteiger partial charge >= 0.3 is 0 Å². The number of ether oxygens (including phenoxy) is 2. The Bertz CT molecular complexity index is 1110. The Balaban J connectivity index is 1.98. The number of nitrogens with zero attached hydrogens (tertiary/aromatic N) is 2. The number of aromatic amines is 1. The van der Waals surface area contributed by atoms with Crippen LogP contribution in [0.25, 0.3) is 16.6 Å². The van der Waals surface area contributed by atoms with Crippen molar-refractivity contribution < 1.29 is 19.4 Å². The van der Waals surface area contributed by atoms with Crippen LogP contribution in [-0.4, -0.2) is 60.2 Å². The number of hydrogen-bond acceptors (Lipinski definition) is 7. The van der Waals surface area contributed by atoms with E-state index in [9.17, 15) is 9.90 Å². The van der Waals surface area contributed by atoms with Crippen molar-refractivity contribution in [2.45, 2.75) is 5.54 Å². The zero-order valence-corrected chi connectivity index (χ0v) is 18.2. The third-order valence-corrected chi connectivity index (χ3v) is 5.92. The lowest BCUT2D eigenvalue weighted by molar-refractivity contribution is -0.118. The van der Waals surface area contributed by atoms with Gasteiger partial charge in [-0.25, -0.2) is 4.98 Å². The summed E-state index contributed by atoms with van der Waals surface area (Å²) >= 11 is 6.34. The first-order valence-corrected chi connectivity index (χ1v) is 10.2. The predicted octanol–water partition coefficient (Wildman–Crippen LogP) is 2.53. The van der Waals surface area contributed by atoms with Gasteiger partial charge in [0.05, 0.1) is 43.4 Å². The van der Waals surface area contributed by atoms with Gasteiger partial charge in [0.25, 0.3) is 0 Å². The molecule has 0 radical (unpaired) electrons. The summed E-state index contributed by atoms with van der Waals surface area (Å²) in [5.41, 5.74) is 1.00. The molecule has 0 aliphatic carbocycles. The van der Waals surface area contributed by atoms with Gasteiger partial charge in [-0.2, -0.15) is 0 Å². The van der Waals surface area contributed by atoms with Crippen LogP contribution in [0.15, 0.2) is 48.3 Å². The molecule has 0 fully saturated rings. The van der Waals surface area contributed by atoms with Crippen LogP contribution in [0, 0.1) is 0 Å². The first kappa shape index (κ1) is 21.0. The second-order valence-corrected chi connectivity index (χ2v) is 7.40. The van der Waals surface area contributed by atoms with E-state index in [0.717, 1.165) is 11.0 Å². The number of H-pyrrole nitrogens is 1. The minimum atomic E-state index is -1.43. The number of Topliss-reactive ketones (excluding diaryl/α,β-unsaturated/α-hetero) is 1. The highest BCUT2D eigenvalue weighted by molar-refractivity contribution is 6.34. The molecule has 3 aromatic rings. The number of imidazole rings is 1. The summed E-state index contributed by atoms with van der Waals surface area (Å²) in [7, 11) is 4.80. The van der Waals surface area contributed by atoms with Crippen molar-refractivity contribution in [1.29, 1.82) is 0 Å². The van der Waals surface area contributed by atoms with E-state index in [1.807, 2.05) is 24.3 Å². The second-order valence-electron chi connectivity index (χ2n) is 7.13. The molecule has 2 heterocycles. The Morgan fingerprint density at radius 1 is 1.19 bits per heavy atom. The third-order valence-electron chi connectivity index (χ3n) is 5.48. The van der Waals surface area contributed by atoms with Crippen LogP contribution in [-0.2, 0) is 4.79 Å². The Morgan fingerprint density at radius 3 is 2.42 bits per heavy atom. The van der Waals surface area contributed by atoms with Crippen molar-refractivity contribution in [3.05, 3.63) is 54.1 Å². The molecule has 1 aliphatic rings. The smallest absolute Gasteiger partial charge is 0.199 e. The molecule has 2 aromatic carbocycles. The molecule has 3 N–H and O–H groups in total. The number of aliphatic hydroxyl groups excluding tert-OH is 1. The van der Waals surface area contributed by atoms with E-state index in [-0.39, 0.29) is 11.7 Å². The highest BCUT2D eigenvalue weighted by Crippen LogP contribution is 2.43. The lowest BCUT2D eigenvalue weighted by Gasteiger charge is -2.37. The molecule has 8 nitrogen and oxygen atoms in total. The minimum Gasteiger partial charge on any atom is -0.497 e. The van der Waals surface area contributed by atoms with Crippen molar-refractivity contribution >= 4 is 39.7 Å². The molecule has 0 saturated heterocycles. The van der Waals surface area contributed by atoms with Crippen molar-refractivity contribution in [2.24, 2.45) is 0 Å². The van der Waals surface area contributed by atoms with E-state index >= 15 is 0 Å². The number of benzene rings is 2. The van der Waals surface area contributed by atoms with Crippen molar-refractivity contribution in [3.63, 3.8) is 0 Å². The maximum atomic E-state index is 13.7. The number of carbonyl (C=O) groups excluding carboxylic acids is 1. The summed E-state index contributed by atoms with van der Waals surface area (Å²) in [6.45, 7) is -0.496. The largest absolute Gasteiger partial charge is 0.497 e. The molecule has 162 valence electrons. The summed E-state index contributed by atoms with van der Waals surface area (Å²) in [6.07, 6.45) is 0. The van der Waals surface area contributed by atoms with E-state index < -0.39 is 12.1 Å². The highest BCUT2D eigenvalue weighted by atomic mass is 35.5. The summed E-state index contributed by atoms with van der Waals surface area (Å²) < 4.78 is 10.8. The average Bonchev–Trinajstić information content (AvgIpc) is 3.34. The number of anilines is 1. The molecular weight excluding hydrogens is 420 g/mol. The molecule has 1 atom stereocenters. The number of carbonyl (C=O) groups is 1. The molecule has 0 saturated carbocycles. The molecule has 31 heavy (non-hydrogen) atoms. The first-order valence-electron chi connectivity index (χ1n) is 9.65. The van der Waals surface area contributed by atoms with Crippen LogP contribution in [0.5, 0.6) is 11.5 Å². The Kier molecular flexibility index (Phi) is 5.51. The highest BCUT2D eigenvalue weighted by Gasteiger charge is 2.54.